The third-order valence-electron chi connectivity index (χ3n) is 8.87. The van der Waals surface area contributed by atoms with Gasteiger partial charge in [-0.15, -0.1) is 0 Å². The van der Waals surface area contributed by atoms with Crippen molar-refractivity contribution in [1.82, 2.24) is 0 Å². The van der Waals surface area contributed by atoms with Gasteiger partial charge in [0.1, 0.15) is 0 Å². The molecule has 0 saturated carbocycles. The topological polar surface area (TPSA) is 112 Å². The molecular formula is C40H77NaO6. The second-order valence-corrected chi connectivity index (χ2v) is 13.5. The molecule has 0 aliphatic heterocycles. The van der Waals surface area contributed by atoms with Crippen molar-refractivity contribution < 1.29 is 29.7 Å². The van der Waals surface area contributed by atoms with Crippen LogP contribution in [-0.2, 0) is 14.4 Å². The summed E-state index contributed by atoms with van der Waals surface area (Å²) in [7, 11) is 0. The summed E-state index contributed by atoms with van der Waals surface area (Å²) in [6, 6.07) is 0. The molecule has 0 spiro atoms. The van der Waals surface area contributed by atoms with Crippen LogP contribution < -0.4 is 0 Å². The number of hydrogen-bond donors (Lipinski definition) is 3. The molecule has 47 heavy (non-hydrogen) atoms. The zero-order valence-corrected chi connectivity index (χ0v) is 30.5. The van der Waals surface area contributed by atoms with Crippen LogP contribution in [0.15, 0.2) is 11.6 Å². The molecule has 0 fully saturated rings. The molecule has 7 heteroatoms. The van der Waals surface area contributed by atoms with Gasteiger partial charge >= 0.3 is 47.5 Å². The molecule has 0 aromatic heterocycles. The minimum absolute atomic E-state index is 0. The van der Waals surface area contributed by atoms with E-state index in [0.29, 0.717) is 12.8 Å². The molecule has 0 saturated heterocycles. The Morgan fingerprint density at radius 2 is 0.617 bits per heavy atom. The van der Waals surface area contributed by atoms with Gasteiger partial charge in [-0.05, 0) is 19.3 Å². The Labute approximate surface area is 313 Å². The molecular weight excluding hydrogens is 599 g/mol. The van der Waals surface area contributed by atoms with Crippen molar-refractivity contribution in [3.05, 3.63) is 11.6 Å². The van der Waals surface area contributed by atoms with E-state index in [1.165, 1.54) is 167 Å². The van der Waals surface area contributed by atoms with Crippen LogP contribution in [0, 0.1) is 0 Å². The first-order valence-electron chi connectivity index (χ1n) is 19.7. The minimum atomic E-state index is -1.18. The van der Waals surface area contributed by atoms with E-state index in [-0.39, 0.29) is 35.1 Å². The summed E-state index contributed by atoms with van der Waals surface area (Å²) in [5, 5.41) is 26.1. The molecule has 0 aliphatic rings. The van der Waals surface area contributed by atoms with E-state index >= 15 is 0 Å². The number of aliphatic carboxylic acids is 3. The second-order valence-electron chi connectivity index (χ2n) is 13.5. The van der Waals surface area contributed by atoms with E-state index in [1.54, 1.807) is 0 Å². The molecule has 0 radical (unpaired) electrons. The third-order valence-corrected chi connectivity index (χ3v) is 8.87. The summed E-state index contributed by atoms with van der Waals surface area (Å²) in [4.78, 5) is 31.8. The molecule has 0 rings (SSSR count). The summed E-state index contributed by atoms with van der Waals surface area (Å²) in [5.74, 6) is -2.95. The van der Waals surface area contributed by atoms with Crippen molar-refractivity contribution in [2.75, 3.05) is 0 Å². The van der Waals surface area contributed by atoms with E-state index in [9.17, 15) is 14.4 Å². The van der Waals surface area contributed by atoms with E-state index in [0.717, 1.165) is 38.2 Å². The molecule has 0 aromatic carbocycles. The number of carbonyl (C=O) groups is 3. The number of hydrogen-bond acceptors (Lipinski definition) is 3. The van der Waals surface area contributed by atoms with E-state index in [2.05, 4.69) is 13.8 Å². The summed E-state index contributed by atoms with van der Waals surface area (Å²) in [5.41, 5.74) is 0.00265. The van der Waals surface area contributed by atoms with Crippen LogP contribution in [0.25, 0.3) is 0 Å². The number of carboxylic acids is 3. The Bertz CT molecular complexity index is 709. The molecule has 0 atom stereocenters. The fourth-order valence-electron chi connectivity index (χ4n) is 5.90. The zero-order valence-electron chi connectivity index (χ0n) is 30.5. The predicted molar refractivity (Wildman–Crippen MR) is 202 cm³/mol. The van der Waals surface area contributed by atoms with Crippen LogP contribution in [0.3, 0.4) is 0 Å². The van der Waals surface area contributed by atoms with Crippen LogP contribution in [0.2, 0.25) is 0 Å². The van der Waals surface area contributed by atoms with Gasteiger partial charge in [0.15, 0.2) is 0 Å². The van der Waals surface area contributed by atoms with Crippen LogP contribution in [0.5, 0.6) is 0 Å². The van der Waals surface area contributed by atoms with Gasteiger partial charge in [-0.1, -0.05) is 200 Å². The number of rotatable bonds is 35. The maximum atomic E-state index is 10.9. The quantitative estimate of drug-likeness (QED) is 0.0350. The number of unbranched alkanes of at least 4 members (excludes halogenated alkanes) is 29. The summed E-state index contributed by atoms with van der Waals surface area (Å²) in [6.45, 7) is 4.53. The third kappa shape index (κ3) is 47.3. The Morgan fingerprint density at radius 3 is 0.830 bits per heavy atom. The first-order chi connectivity index (χ1) is 22.3. The van der Waals surface area contributed by atoms with Crippen molar-refractivity contribution in [3.8, 4) is 0 Å². The molecule has 3 N–H and O–H groups in total. The summed E-state index contributed by atoms with van der Waals surface area (Å²) < 4.78 is 0. The average molecular weight is 677 g/mol. The average Bonchev–Trinajstić information content (AvgIpc) is 3.02. The van der Waals surface area contributed by atoms with Crippen LogP contribution in [-0.4, -0.2) is 62.8 Å². The van der Waals surface area contributed by atoms with Gasteiger partial charge in [0.2, 0.25) is 0 Å². The van der Waals surface area contributed by atoms with Gasteiger partial charge in [-0.2, -0.15) is 0 Å². The first kappa shape index (κ1) is 50.5. The standard InChI is InChI=1S/C22H40O4.C18H36O2.Na.H/c1-2-3-4-5-6-7-8-9-10-11-12-13-14-15-16-17-18-20(22(25)26)19-21(23)24;1-2-3-4-5-6-7-8-9-10-11-12-13-14-15-16-17-18(19)20;;/h19H,2-18H2,1H3,(H,23,24)(H,25,26);2-17H2,1H3,(H,19,20);;/b20-19+;;;. The molecule has 0 amide bonds. The van der Waals surface area contributed by atoms with Gasteiger partial charge in [0, 0.05) is 18.1 Å². The van der Waals surface area contributed by atoms with Gasteiger partial charge in [0.25, 0.3) is 0 Å². The molecule has 6 nitrogen and oxygen atoms in total. The molecule has 0 bridgehead atoms. The van der Waals surface area contributed by atoms with Crippen molar-refractivity contribution in [3.63, 3.8) is 0 Å². The van der Waals surface area contributed by atoms with Crippen molar-refractivity contribution in [1.29, 1.82) is 0 Å². The van der Waals surface area contributed by atoms with E-state index in [4.69, 9.17) is 15.3 Å². The first-order valence-corrected chi connectivity index (χ1v) is 19.7. The van der Waals surface area contributed by atoms with Crippen molar-refractivity contribution >= 4 is 47.5 Å². The predicted octanol–water partition coefficient (Wildman–Crippen LogP) is 12.4. The van der Waals surface area contributed by atoms with Crippen LogP contribution in [0.4, 0.5) is 0 Å². The van der Waals surface area contributed by atoms with E-state index in [1.807, 2.05) is 0 Å². The Kier molecular flexibility index (Phi) is 46.4. The Balaban J connectivity index is -0.000000833. The molecule has 0 aromatic rings. The molecule has 0 aliphatic carbocycles. The Hall–Kier alpha value is -0.850. The molecule has 0 heterocycles. The fraction of sp³-hybridized carbons (Fsp3) is 0.875. The van der Waals surface area contributed by atoms with E-state index < -0.39 is 17.9 Å². The van der Waals surface area contributed by atoms with Gasteiger partial charge in [0.05, 0.1) is 0 Å². The van der Waals surface area contributed by atoms with Crippen LogP contribution >= 0.6 is 0 Å². The fourth-order valence-corrected chi connectivity index (χ4v) is 5.90. The molecule has 274 valence electrons. The molecule has 0 unspecified atom stereocenters. The zero-order chi connectivity index (χ0) is 34.4. The normalized spacial score (nSPS) is 11.1. The van der Waals surface area contributed by atoms with Crippen LogP contribution in [0.1, 0.15) is 226 Å². The SMILES string of the molecule is CCCCCCCCCCCCCCCCCC(=O)O.CCCCCCCCCCCCCCCCCC/C(=C\C(=O)O)C(=O)O.[NaH]. The second kappa shape index (κ2) is 43.2. The monoisotopic (exact) mass is 677 g/mol. The van der Waals surface area contributed by atoms with Crippen molar-refractivity contribution in [2.45, 2.75) is 226 Å². The Morgan fingerprint density at radius 1 is 0.383 bits per heavy atom. The van der Waals surface area contributed by atoms with Gasteiger partial charge in [-0.3, -0.25) is 4.79 Å². The van der Waals surface area contributed by atoms with Crippen molar-refractivity contribution in [2.24, 2.45) is 0 Å². The maximum absolute atomic E-state index is 10.9. The number of carboxylic acid groups (broad SMARTS) is 3. The summed E-state index contributed by atoms with van der Waals surface area (Å²) in [6.07, 6.45) is 41.8. The van der Waals surface area contributed by atoms with Gasteiger partial charge in [-0.25, -0.2) is 9.59 Å². The van der Waals surface area contributed by atoms with Gasteiger partial charge < -0.3 is 15.3 Å². The summed E-state index contributed by atoms with van der Waals surface area (Å²) >= 11 is 0.